The molecule has 1 aliphatic heterocycles. The lowest BCUT2D eigenvalue weighted by Crippen LogP contribution is -2.47. The van der Waals surface area contributed by atoms with E-state index in [0.717, 1.165) is 35.4 Å². The molecule has 45 heavy (non-hydrogen) atoms. The molecule has 2 aliphatic rings. The van der Waals surface area contributed by atoms with Gasteiger partial charge < -0.3 is 29.6 Å². The van der Waals surface area contributed by atoms with E-state index in [-0.39, 0.29) is 24.9 Å². The first-order chi connectivity index (χ1) is 21.4. The molecule has 0 aromatic carbocycles. The highest BCUT2D eigenvalue weighted by atomic mass is 16.6. The van der Waals surface area contributed by atoms with Crippen LogP contribution in [0.25, 0.3) is 11.3 Å². The maximum Gasteiger partial charge on any atom is 0.416 e. The number of nitrogens with one attached hydrogen (secondary N) is 1. The Morgan fingerprint density at radius 2 is 1.96 bits per heavy atom. The Bertz CT molecular complexity index is 1720. The summed E-state index contributed by atoms with van der Waals surface area (Å²) < 4.78 is 9.73. The highest BCUT2D eigenvalue weighted by Gasteiger charge is 2.34. The van der Waals surface area contributed by atoms with Crippen molar-refractivity contribution < 1.29 is 24.5 Å². The number of imidazole rings is 1. The number of nitrogens with zero attached hydrogens (tertiary/aromatic N) is 7. The van der Waals surface area contributed by atoms with Crippen LogP contribution in [-0.4, -0.2) is 82.6 Å². The summed E-state index contributed by atoms with van der Waals surface area (Å²) in [6.07, 6.45) is 4.09. The van der Waals surface area contributed by atoms with Crippen LogP contribution in [0.3, 0.4) is 0 Å². The molecule has 6 rings (SSSR count). The molecule has 1 saturated heterocycles. The second-order valence-corrected chi connectivity index (χ2v) is 13.4. The molecule has 5 heterocycles. The van der Waals surface area contributed by atoms with Gasteiger partial charge in [-0.3, -0.25) is 4.90 Å². The minimum absolute atomic E-state index is 0.0638. The van der Waals surface area contributed by atoms with Gasteiger partial charge in [0.1, 0.15) is 22.9 Å². The summed E-state index contributed by atoms with van der Waals surface area (Å²) in [4.78, 5) is 38.1. The highest BCUT2D eigenvalue weighted by Crippen LogP contribution is 2.42. The van der Waals surface area contributed by atoms with Crippen LogP contribution in [-0.2, 0) is 11.3 Å². The number of likely N-dealkylation sites (tertiary alicyclic amines) is 1. The van der Waals surface area contributed by atoms with Gasteiger partial charge in [-0.15, -0.1) is 0 Å². The molecule has 2 fully saturated rings. The molecule has 4 aromatic rings. The quantitative estimate of drug-likeness (QED) is 0.245. The lowest BCUT2D eigenvalue weighted by Gasteiger charge is -2.34. The van der Waals surface area contributed by atoms with E-state index in [0.29, 0.717) is 42.7 Å². The third-order valence-electron chi connectivity index (χ3n) is 8.45. The van der Waals surface area contributed by atoms with Gasteiger partial charge in [-0.1, -0.05) is 19.9 Å². The lowest BCUT2D eigenvalue weighted by atomic mass is 9.94. The fourth-order valence-corrected chi connectivity index (χ4v) is 5.96. The molecule has 1 saturated carbocycles. The van der Waals surface area contributed by atoms with Crippen molar-refractivity contribution in [1.29, 1.82) is 0 Å². The second kappa shape index (κ2) is 11.8. The Kier molecular flexibility index (Phi) is 8.06. The van der Waals surface area contributed by atoms with Crippen molar-refractivity contribution in [1.82, 2.24) is 28.9 Å². The van der Waals surface area contributed by atoms with Gasteiger partial charge in [0.05, 0.1) is 36.8 Å². The lowest BCUT2D eigenvalue weighted by molar-refractivity contribution is 0.0294. The molecular formula is C32H42N8O5. The number of pyridine rings is 1. The summed E-state index contributed by atoms with van der Waals surface area (Å²) in [6, 6.07) is 7.69. The maximum atomic E-state index is 14.0. The van der Waals surface area contributed by atoms with E-state index in [1.54, 1.807) is 21.7 Å². The largest absolute Gasteiger partial charge is 0.465 e. The first-order valence-corrected chi connectivity index (χ1v) is 15.6. The van der Waals surface area contributed by atoms with Gasteiger partial charge in [0.25, 0.3) is 0 Å². The number of fused-ring (bicyclic) bond motifs is 2. The Morgan fingerprint density at radius 1 is 1.18 bits per heavy atom. The number of hydrogen-bond donors (Lipinski definition) is 3. The number of carbonyl (C=O) groups excluding carboxylic acids is 1. The molecule has 13 nitrogen and oxygen atoms in total. The van der Waals surface area contributed by atoms with E-state index in [1.165, 1.54) is 4.90 Å². The van der Waals surface area contributed by atoms with E-state index < -0.39 is 23.9 Å². The number of β-amino-alcohol motifs (C(OH)–C–C–N with tert-alkyl or cyclic N) is 1. The zero-order valence-electron chi connectivity index (χ0n) is 26.5. The van der Waals surface area contributed by atoms with Crippen LogP contribution >= 0.6 is 0 Å². The SMILES string of the molecule is CC(C)c1cnn2c(N(Cc3nc4ccccn4c3C3CC3)C(=O)OC(C)(C)C)cc(NCC3CCN(C(=O)O)CC3O)nc12. The van der Waals surface area contributed by atoms with Crippen molar-refractivity contribution >= 4 is 35.1 Å². The summed E-state index contributed by atoms with van der Waals surface area (Å²) in [5.41, 5.74) is 3.53. The van der Waals surface area contributed by atoms with Crippen molar-refractivity contribution in [3.63, 3.8) is 0 Å². The van der Waals surface area contributed by atoms with Crippen LogP contribution in [0.15, 0.2) is 36.7 Å². The van der Waals surface area contributed by atoms with E-state index in [4.69, 9.17) is 14.7 Å². The number of aliphatic hydroxyl groups excluding tert-OH is 1. The number of carboxylic acid groups (broad SMARTS) is 1. The molecule has 2 amide bonds. The van der Waals surface area contributed by atoms with Gasteiger partial charge in [-0.05, 0) is 58.1 Å². The molecule has 0 spiro atoms. The third-order valence-corrected chi connectivity index (χ3v) is 8.45. The topological polar surface area (TPSA) is 150 Å². The Hall–Kier alpha value is -4.39. The summed E-state index contributed by atoms with van der Waals surface area (Å²) in [6.45, 7) is 10.6. The summed E-state index contributed by atoms with van der Waals surface area (Å²) in [7, 11) is 0. The standard InChI is InChI=1S/C32H42N8O5/c1-19(2)22-16-34-40-27(14-25(36-29(22)40)33-15-21-11-13-37(30(42)43)18-24(21)41)39(31(44)45-32(3,4)5)17-23-28(20-9-10-20)38-12-7-6-8-26(38)35-23/h6-8,12,14,16,19-21,24,41H,9-11,13,15,17-18H2,1-5H3,(H,33,36)(H,42,43). The van der Waals surface area contributed by atoms with Gasteiger partial charge >= 0.3 is 12.2 Å². The molecule has 240 valence electrons. The predicted octanol–water partition coefficient (Wildman–Crippen LogP) is 5.09. The zero-order valence-corrected chi connectivity index (χ0v) is 26.5. The van der Waals surface area contributed by atoms with Crippen LogP contribution in [0.2, 0.25) is 0 Å². The van der Waals surface area contributed by atoms with Crippen molar-refractivity contribution in [2.24, 2.45) is 5.92 Å². The van der Waals surface area contributed by atoms with Crippen molar-refractivity contribution in [2.45, 2.75) is 84.0 Å². The van der Waals surface area contributed by atoms with Crippen LogP contribution in [0.5, 0.6) is 0 Å². The van der Waals surface area contributed by atoms with Gasteiger partial charge in [-0.25, -0.2) is 19.6 Å². The average molecular weight is 619 g/mol. The van der Waals surface area contributed by atoms with Crippen LogP contribution in [0.1, 0.15) is 82.7 Å². The number of amides is 2. The molecule has 2 atom stereocenters. The fourth-order valence-electron chi connectivity index (χ4n) is 5.96. The summed E-state index contributed by atoms with van der Waals surface area (Å²) >= 11 is 0. The van der Waals surface area contributed by atoms with Gasteiger partial charge in [0.15, 0.2) is 5.65 Å². The predicted molar refractivity (Wildman–Crippen MR) is 169 cm³/mol. The Balaban J connectivity index is 1.40. The average Bonchev–Trinajstić information content (AvgIpc) is 3.60. The van der Waals surface area contributed by atoms with Crippen LogP contribution in [0.4, 0.5) is 21.2 Å². The number of aliphatic hydroxyl groups is 1. The fraction of sp³-hybridized carbons (Fsp3) is 0.531. The molecule has 0 radical (unpaired) electrons. The normalized spacial score (nSPS) is 19.0. The molecule has 13 heteroatoms. The smallest absolute Gasteiger partial charge is 0.416 e. The van der Waals surface area contributed by atoms with Gasteiger partial charge in [0, 0.05) is 42.8 Å². The number of anilines is 2. The minimum atomic E-state index is -1.03. The van der Waals surface area contributed by atoms with Crippen molar-refractivity contribution in [3.8, 4) is 0 Å². The highest BCUT2D eigenvalue weighted by molar-refractivity contribution is 5.88. The van der Waals surface area contributed by atoms with E-state index in [9.17, 15) is 19.8 Å². The summed E-state index contributed by atoms with van der Waals surface area (Å²) in [5, 5.41) is 28.1. The maximum absolute atomic E-state index is 14.0. The van der Waals surface area contributed by atoms with Crippen molar-refractivity contribution in [3.05, 3.63) is 53.6 Å². The van der Waals surface area contributed by atoms with Gasteiger partial charge in [0.2, 0.25) is 0 Å². The Labute approximate surface area is 261 Å². The molecule has 0 bridgehead atoms. The summed E-state index contributed by atoms with van der Waals surface area (Å²) in [5.74, 6) is 1.32. The van der Waals surface area contributed by atoms with Crippen LogP contribution < -0.4 is 10.2 Å². The van der Waals surface area contributed by atoms with E-state index in [1.807, 2.05) is 45.2 Å². The molecule has 3 N–H and O–H groups in total. The first kappa shape index (κ1) is 30.6. The number of aromatic nitrogens is 5. The number of piperidine rings is 1. The van der Waals surface area contributed by atoms with E-state index in [2.05, 4.69) is 28.7 Å². The Morgan fingerprint density at radius 3 is 2.62 bits per heavy atom. The zero-order chi connectivity index (χ0) is 32.0. The number of rotatable bonds is 8. The number of hydrogen-bond acceptors (Lipinski definition) is 8. The number of ether oxygens (including phenoxy) is 1. The third kappa shape index (κ3) is 6.39. The minimum Gasteiger partial charge on any atom is -0.465 e. The first-order valence-electron chi connectivity index (χ1n) is 15.6. The monoisotopic (exact) mass is 618 g/mol. The van der Waals surface area contributed by atoms with Crippen molar-refractivity contribution in [2.75, 3.05) is 29.9 Å². The molecule has 1 aliphatic carbocycles. The van der Waals surface area contributed by atoms with E-state index >= 15 is 0 Å². The van der Waals surface area contributed by atoms with Crippen LogP contribution in [0, 0.1) is 5.92 Å². The molecule has 2 unspecified atom stereocenters. The second-order valence-electron chi connectivity index (χ2n) is 13.4. The molecular weight excluding hydrogens is 576 g/mol. The van der Waals surface area contributed by atoms with Gasteiger partial charge in [-0.2, -0.15) is 9.61 Å². The number of carbonyl (C=O) groups is 2. The molecule has 4 aromatic heterocycles.